The fourth-order valence-electron chi connectivity index (χ4n) is 1.50. The lowest BCUT2D eigenvalue weighted by Crippen LogP contribution is -1.98. The lowest BCUT2D eigenvalue weighted by molar-refractivity contribution is 0.450. The van der Waals surface area contributed by atoms with Gasteiger partial charge < -0.3 is 4.74 Å². The highest BCUT2D eigenvalue weighted by Gasteiger charge is 2.11. The number of aromatic nitrogens is 2. The molecule has 94 valence electrons. The highest BCUT2D eigenvalue weighted by Crippen LogP contribution is 2.29. The van der Waals surface area contributed by atoms with Crippen LogP contribution in [0.15, 0.2) is 18.2 Å². The summed E-state index contributed by atoms with van der Waals surface area (Å²) < 4.78 is 18.6. The molecule has 2 rings (SSSR count). The zero-order valence-corrected chi connectivity index (χ0v) is 11.0. The van der Waals surface area contributed by atoms with E-state index in [4.69, 9.17) is 16.3 Å². The van der Waals surface area contributed by atoms with Gasteiger partial charge in [-0.15, -0.1) is 0 Å². The minimum absolute atomic E-state index is 0.298. The predicted octanol–water partition coefficient (Wildman–Crippen LogP) is 3.99. The maximum absolute atomic E-state index is 13.0. The van der Waals surface area contributed by atoms with E-state index in [1.165, 1.54) is 12.1 Å². The smallest absolute Gasteiger partial charge is 0.226 e. The molecule has 1 aromatic heterocycles. The second-order valence-electron chi connectivity index (χ2n) is 4.00. The van der Waals surface area contributed by atoms with E-state index < -0.39 is 0 Å². The van der Waals surface area contributed by atoms with Gasteiger partial charge in [0, 0.05) is 5.56 Å². The van der Waals surface area contributed by atoms with Crippen molar-refractivity contribution in [2.75, 3.05) is 0 Å². The Labute approximate surface area is 110 Å². The first-order valence-corrected chi connectivity index (χ1v) is 5.80. The molecule has 1 heterocycles. The Morgan fingerprint density at radius 3 is 2.56 bits per heavy atom. The molecule has 0 atom stereocenters. The number of nitrogens with zero attached hydrogens (tertiary/aromatic N) is 2. The van der Waals surface area contributed by atoms with E-state index in [1.807, 2.05) is 0 Å². The first kappa shape index (κ1) is 12.8. The average Bonchev–Trinajstić information content (AvgIpc) is 2.29. The fraction of sp³-hybridized carbons (Fsp3) is 0.231. The van der Waals surface area contributed by atoms with Gasteiger partial charge in [-0.1, -0.05) is 11.6 Å². The van der Waals surface area contributed by atoms with E-state index >= 15 is 0 Å². The maximum atomic E-state index is 13.0. The molecule has 0 radical (unpaired) electrons. The van der Waals surface area contributed by atoms with Gasteiger partial charge in [-0.3, -0.25) is 0 Å². The zero-order valence-electron chi connectivity index (χ0n) is 10.3. The standard InChI is InChI=1S/C13H12ClFN2O/c1-7-6-10(15)4-5-11(7)18-13-8(2)12(14)16-9(3)17-13/h4-6H,1-3H3. The Kier molecular flexibility index (Phi) is 3.48. The third-order valence-corrected chi connectivity index (χ3v) is 2.87. The van der Waals surface area contributed by atoms with Crippen molar-refractivity contribution < 1.29 is 9.13 Å². The summed E-state index contributed by atoms with van der Waals surface area (Å²) in [6.07, 6.45) is 0. The summed E-state index contributed by atoms with van der Waals surface area (Å²) in [5.74, 6) is 1.17. The van der Waals surface area contributed by atoms with Gasteiger partial charge in [-0.25, -0.2) is 9.37 Å². The Bertz CT molecular complexity index is 602. The average molecular weight is 267 g/mol. The Morgan fingerprint density at radius 2 is 1.89 bits per heavy atom. The molecule has 0 bridgehead atoms. The van der Waals surface area contributed by atoms with Gasteiger partial charge in [0.05, 0.1) is 0 Å². The van der Waals surface area contributed by atoms with Gasteiger partial charge in [0.25, 0.3) is 0 Å². The number of benzene rings is 1. The number of rotatable bonds is 2. The number of hydrogen-bond donors (Lipinski definition) is 0. The Morgan fingerprint density at radius 1 is 1.17 bits per heavy atom. The first-order valence-electron chi connectivity index (χ1n) is 5.42. The molecule has 3 nitrogen and oxygen atoms in total. The molecular formula is C13H12ClFN2O. The minimum Gasteiger partial charge on any atom is -0.438 e. The maximum Gasteiger partial charge on any atom is 0.226 e. The van der Waals surface area contributed by atoms with Crippen molar-refractivity contribution in [1.82, 2.24) is 9.97 Å². The van der Waals surface area contributed by atoms with Gasteiger partial charge in [-0.05, 0) is 44.5 Å². The molecule has 0 aliphatic heterocycles. The van der Waals surface area contributed by atoms with Crippen LogP contribution in [0, 0.1) is 26.6 Å². The van der Waals surface area contributed by atoms with Crippen molar-refractivity contribution in [3.8, 4) is 11.6 Å². The molecule has 0 unspecified atom stereocenters. The van der Waals surface area contributed by atoms with Crippen molar-refractivity contribution >= 4 is 11.6 Å². The number of ether oxygens (including phenoxy) is 1. The highest BCUT2D eigenvalue weighted by molar-refractivity contribution is 6.30. The van der Waals surface area contributed by atoms with Crippen LogP contribution in [0.4, 0.5) is 4.39 Å². The second-order valence-corrected chi connectivity index (χ2v) is 4.36. The van der Waals surface area contributed by atoms with Crippen LogP contribution in [-0.2, 0) is 0 Å². The van der Waals surface area contributed by atoms with Crippen LogP contribution in [0.5, 0.6) is 11.6 Å². The molecule has 0 N–H and O–H groups in total. The molecule has 0 aliphatic carbocycles. The summed E-state index contributed by atoms with van der Waals surface area (Å²) in [5, 5.41) is 0.359. The molecule has 0 spiro atoms. The van der Waals surface area contributed by atoms with E-state index in [1.54, 1.807) is 26.8 Å². The van der Waals surface area contributed by atoms with Gasteiger partial charge in [0.2, 0.25) is 5.88 Å². The molecule has 0 saturated carbocycles. The van der Waals surface area contributed by atoms with Crippen LogP contribution in [0.25, 0.3) is 0 Å². The SMILES string of the molecule is Cc1nc(Cl)c(C)c(Oc2ccc(F)cc2C)n1. The van der Waals surface area contributed by atoms with E-state index in [-0.39, 0.29) is 5.82 Å². The molecule has 0 saturated heterocycles. The molecule has 5 heteroatoms. The van der Waals surface area contributed by atoms with Crippen LogP contribution in [0.3, 0.4) is 0 Å². The summed E-state index contributed by atoms with van der Waals surface area (Å²) in [5.41, 5.74) is 1.35. The van der Waals surface area contributed by atoms with E-state index in [0.29, 0.717) is 33.7 Å². The molecule has 2 aromatic rings. The monoisotopic (exact) mass is 266 g/mol. The number of aryl methyl sites for hydroxylation is 2. The van der Waals surface area contributed by atoms with Crippen molar-refractivity contribution in [1.29, 1.82) is 0 Å². The van der Waals surface area contributed by atoms with Crippen molar-refractivity contribution in [2.24, 2.45) is 0 Å². The summed E-state index contributed by atoms with van der Waals surface area (Å²) in [4.78, 5) is 8.21. The lowest BCUT2D eigenvalue weighted by Gasteiger charge is -2.11. The van der Waals surface area contributed by atoms with Crippen LogP contribution >= 0.6 is 11.6 Å². The Hall–Kier alpha value is -1.68. The van der Waals surface area contributed by atoms with E-state index in [2.05, 4.69) is 9.97 Å². The zero-order chi connectivity index (χ0) is 13.3. The summed E-state index contributed by atoms with van der Waals surface area (Å²) in [6.45, 7) is 5.27. The van der Waals surface area contributed by atoms with Crippen molar-refractivity contribution in [3.05, 3.63) is 46.1 Å². The number of hydrogen-bond acceptors (Lipinski definition) is 3. The molecule has 1 aromatic carbocycles. The Balaban J connectivity index is 2.40. The van der Waals surface area contributed by atoms with Gasteiger partial charge in [0.15, 0.2) is 0 Å². The summed E-state index contributed by atoms with van der Waals surface area (Å²) in [6, 6.07) is 4.31. The predicted molar refractivity (Wildman–Crippen MR) is 67.7 cm³/mol. The highest BCUT2D eigenvalue weighted by atomic mass is 35.5. The lowest BCUT2D eigenvalue weighted by atomic mass is 10.2. The number of halogens is 2. The second kappa shape index (κ2) is 4.90. The minimum atomic E-state index is -0.298. The molecule has 0 aliphatic rings. The van der Waals surface area contributed by atoms with Gasteiger partial charge in [0.1, 0.15) is 22.5 Å². The van der Waals surface area contributed by atoms with Crippen molar-refractivity contribution in [2.45, 2.75) is 20.8 Å². The third kappa shape index (κ3) is 2.59. The van der Waals surface area contributed by atoms with Gasteiger partial charge >= 0.3 is 0 Å². The molecular weight excluding hydrogens is 255 g/mol. The molecule has 0 amide bonds. The fourth-order valence-corrected chi connectivity index (χ4v) is 1.70. The topological polar surface area (TPSA) is 35.0 Å². The molecule has 18 heavy (non-hydrogen) atoms. The van der Waals surface area contributed by atoms with Crippen molar-refractivity contribution in [3.63, 3.8) is 0 Å². The largest absolute Gasteiger partial charge is 0.438 e. The van der Waals surface area contributed by atoms with Crippen LogP contribution in [0.2, 0.25) is 5.15 Å². The van der Waals surface area contributed by atoms with Gasteiger partial charge in [-0.2, -0.15) is 4.98 Å². The quantitative estimate of drug-likeness (QED) is 0.771. The van der Waals surface area contributed by atoms with Crippen LogP contribution in [-0.4, -0.2) is 9.97 Å². The summed E-state index contributed by atoms with van der Waals surface area (Å²) in [7, 11) is 0. The first-order chi connectivity index (χ1) is 8.47. The van der Waals surface area contributed by atoms with E-state index in [0.717, 1.165) is 0 Å². The normalized spacial score (nSPS) is 10.5. The van der Waals surface area contributed by atoms with E-state index in [9.17, 15) is 4.39 Å². The van der Waals surface area contributed by atoms with Crippen LogP contribution in [0.1, 0.15) is 17.0 Å². The summed E-state index contributed by atoms with van der Waals surface area (Å²) >= 11 is 5.96. The van der Waals surface area contributed by atoms with Crippen LogP contribution < -0.4 is 4.74 Å². The molecule has 0 fully saturated rings. The third-order valence-electron chi connectivity index (χ3n) is 2.50.